The molecule has 0 bridgehead atoms. The van der Waals surface area contributed by atoms with E-state index in [1.54, 1.807) is 30.3 Å². The second-order valence-electron chi connectivity index (χ2n) is 6.60. The number of carbonyl (C=O) groups is 1. The van der Waals surface area contributed by atoms with Crippen molar-refractivity contribution in [1.29, 1.82) is 0 Å². The zero-order chi connectivity index (χ0) is 19.2. The average Bonchev–Trinajstić information content (AvgIpc) is 3.43. The Hall–Kier alpha value is -3.03. The number of nitrogens with one attached hydrogen (secondary N) is 1. The third-order valence-electron chi connectivity index (χ3n) is 4.86. The summed E-state index contributed by atoms with van der Waals surface area (Å²) >= 11 is 0. The average molecular weight is 375 g/mol. The third-order valence-corrected chi connectivity index (χ3v) is 4.86. The fourth-order valence-corrected chi connectivity index (χ4v) is 3.44. The molecule has 27 heavy (non-hydrogen) atoms. The van der Waals surface area contributed by atoms with E-state index in [0.29, 0.717) is 5.56 Å². The second kappa shape index (κ2) is 6.29. The summed E-state index contributed by atoms with van der Waals surface area (Å²) in [5.74, 6) is -2.06. The number of aliphatic imine (C=N–C) groups is 1. The number of alkyl halides is 2. The molecular weight excluding hydrogens is 359 g/mol. The zero-order valence-electron chi connectivity index (χ0n) is 14.0. The highest BCUT2D eigenvalue weighted by atomic mass is 19.3. The SMILES string of the molecule is Nc1ccc(F)c([C@@]2(C(F)F)N=C(NC(=O)c3ccccc3)O[C@@H]3C[C@@H]32)c1. The van der Waals surface area contributed by atoms with Crippen LogP contribution in [0.15, 0.2) is 53.5 Å². The van der Waals surface area contributed by atoms with Crippen LogP contribution in [-0.2, 0) is 10.3 Å². The maximum atomic E-state index is 14.4. The number of hydrogen-bond donors (Lipinski definition) is 2. The van der Waals surface area contributed by atoms with E-state index in [0.717, 1.165) is 6.07 Å². The highest BCUT2D eigenvalue weighted by molar-refractivity contribution is 6.04. The van der Waals surface area contributed by atoms with Crippen molar-refractivity contribution in [3.63, 3.8) is 0 Å². The summed E-state index contributed by atoms with van der Waals surface area (Å²) in [5, 5.41) is 2.41. The predicted octanol–water partition coefficient (Wildman–Crippen LogP) is 3.07. The van der Waals surface area contributed by atoms with Crippen LogP contribution in [0.25, 0.3) is 0 Å². The minimum Gasteiger partial charge on any atom is -0.461 e. The van der Waals surface area contributed by atoms with E-state index in [1.807, 2.05) is 0 Å². The molecule has 5 nitrogen and oxygen atoms in total. The van der Waals surface area contributed by atoms with Crippen LogP contribution in [0, 0.1) is 11.7 Å². The molecule has 1 amide bonds. The number of ether oxygens (including phenoxy) is 1. The van der Waals surface area contributed by atoms with Gasteiger partial charge in [0.25, 0.3) is 18.4 Å². The highest BCUT2D eigenvalue weighted by Gasteiger charge is 2.64. The number of benzene rings is 2. The van der Waals surface area contributed by atoms with Gasteiger partial charge in [0, 0.05) is 22.7 Å². The van der Waals surface area contributed by atoms with Gasteiger partial charge in [-0.05, 0) is 36.8 Å². The number of hydrogen-bond acceptors (Lipinski definition) is 4. The van der Waals surface area contributed by atoms with E-state index in [-0.39, 0.29) is 23.7 Å². The van der Waals surface area contributed by atoms with Crippen LogP contribution in [0.3, 0.4) is 0 Å². The Morgan fingerprint density at radius 3 is 2.70 bits per heavy atom. The van der Waals surface area contributed by atoms with Crippen molar-refractivity contribution in [2.24, 2.45) is 10.9 Å². The van der Waals surface area contributed by atoms with E-state index < -0.39 is 35.7 Å². The van der Waals surface area contributed by atoms with E-state index in [2.05, 4.69) is 10.3 Å². The van der Waals surface area contributed by atoms with E-state index >= 15 is 0 Å². The van der Waals surface area contributed by atoms with Gasteiger partial charge in [0.2, 0.25) is 0 Å². The number of amidine groups is 1. The maximum absolute atomic E-state index is 14.4. The molecule has 1 aliphatic carbocycles. The molecular formula is C19H16F3N3O2. The molecule has 8 heteroatoms. The number of anilines is 1. The Kier molecular flexibility index (Phi) is 4.05. The van der Waals surface area contributed by atoms with Crippen molar-refractivity contribution < 1.29 is 22.7 Å². The lowest BCUT2D eigenvalue weighted by Crippen LogP contribution is -2.46. The van der Waals surface area contributed by atoms with Crippen LogP contribution in [0.2, 0.25) is 0 Å². The summed E-state index contributed by atoms with van der Waals surface area (Å²) in [6.07, 6.45) is -3.29. The molecule has 0 aromatic heterocycles. The zero-order valence-corrected chi connectivity index (χ0v) is 14.0. The Labute approximate surface area is 153 Å². The maximum Gasteiger partial charge on any atom is 0.293 e. The molecule has 3 N–H and O–H groups in total. The molecule has 4 rings (SSSR count). The van der Waals surface area contributed by atoms with Crippen molar-refractivity contribution in [3.8, 4) is 0 Å². The molecule has 0 unspecified atom stereocenters. The number of amides is 1. The molecule has 2 aromatic carbocycles. The van der Waals surface area contributed by atoms with Gasteiger partial charge in [-0.3, -0.25) is 10.1 Å². The summed E-state index contributed by atoms with van der Waals surface area (Å²) in [5.41, 5.74) is 3.71. The number of nitrogens with zero attached hydrogens (tertiary/aromatic N) is 1. The topological polar surface area (TPSA) is 76.7 Å². The fourth-order valence-electron chi connectivity index (χ4n) is 3.44. The van der Waals surface area contributed by atoms with Gasteiger partial charge in [0.15, 0.2) is 5.54 Å². The van der Waals surface area contributed by atoms with Crippen LogP contribution in [0.5, 0.6) is 0 Å². The molecule has 1 aliphatic heterocycles. The molecule has 0 radical (unpaired) electrons. The lowest BCUT2D eigenvalue weighted by atomic mass is 9.84. The molecule has 0 saturated heterocycles. The quantitative estimate of drug-likeness (QED) is 0.810. The summed E-state index contributed by atoms with van der Waals surface area (Å²) in [4.78, 5) is 16.3. The number of rotatable bonds is 3. The lowest BCUT2D eigenvalue weighted by molar-refractivity contribution is 0.0166. The number of carbonyl (C=O) groups excluding carboxylic acids is 1. The molecule has 2 aliphatic rings. The second-order valence-corrected chi connectivity index (χ2v) is 6.60. The van der Waals surface area contributed by atoms with Gasteiger partial charge in [-0.15, -0.1) is 0 Å². The van der Waals surface area contributed by atoms with Gasteiger partial charge >= 0.3 is 0 Å². The molecule has 0 spiro atoms. The van der Waals surface area contributed by atoms with Crippen LogP contribution in [-0.4, -0.2) is 24.5 Å². The third kappa shape index (κ3) is 2.90. The van der Waals surface area contributed by atoms with Crippen LogP contribution in [0.1, 0.15) is 22.3 Å². The Morgan fingerprint density at radius 2 is 2.00 bits per heavy atom. The smallest absolute Gasteiger partial charge is 0.293 e. The Bertz CT molecular complexity index is 920. The summed E-state index contributed by atoms with van der Waals surface area (Å²) in [6, 6.07) is 11.4. The lowest BCUT2D eigenvalue weighted by Gasteiger charge is -2.34. The minimum absolute atomic E-state index is 0.153. The normalized spacial score (nSPS) is 26.0. The van der Waals surface area contributed by atoms with Crippen LogP contribution in [0.4, 0.5) is 18.9 Å². The first-order valence-electron chi connectivity index (χ1n) is 8.38. The molecule has 3 atom stereocenters. The minimum atomic E-state index is -3.00. The monoisotopic (exact) mass is 375 g/mol. The van der Waals surface area contributed by atoms with Gasteiger partial charge < -0.3 is 10.5 Å². The summed E-state index contributed by atoms with van der Waals surface area (Å²) in [7, 11) is 0. The van der Waals surface area contributed by atoms with Gasteiger partial charge in [-0.1, -0.05) is 18.2 Å². The van der Waals surface area contributed by atoms with Gasteiger partial charge in [0.1, 0.15) is 11.9 Å². The van der Waals surface area contributed by atoms with Crippen LogP contribution >= 0.6 is 0 Å². The first-order chi connectivity index (χ1) is 12.9. The van der Waals surface area contributed by atoms with Crippen molar-refractivity contribution in [1.82, 2.24) is 5.32 Å². The van der Waals surface area contributed by atoms with Crippen molar-refractivity contribution in [2.45, 2.75) is 24.5 Å². The number of nitrogen functional groups attached to an aromatic ring is 1. The molecule has 140 valence electrons. The number of halogens is 3. The fraction of sp³-hybridized carbons (Fsp3) is 0.263. The van der Waals surface area contributed by atoms with Crippen LogP contribution < -0.4 is 11.1 Å². The highest BCUT2D eigenvalue weighted by Crippen LogP contribution is 2.56. The molecule has 1 fully saturated rings. The van der Waals surface area contributed by atoms with E-state index in [1.165, 1.54) is 12.1 Å². The Balaban J connectivity index is 1.74. The van der Waals surface area contributed by atoms with Crippen molar-refractivity contribution in [2.75, 3.05) is 5.73 Å². The first-order valence-corrected chi connectivity index (χ1v) is 8.38. The predicted molar refractivity (Wildman–Crippen MR) is 92.8 cm³/mol. The standard InChI is InChI=1S/C19H16F3N3O2/c20-14-7-6-11(23)8-12(14)19(17(21)22)13-9-15(13)27-18(25-19)24-16(26)10-4-2-1-3-5-10/h1-8,13,15,17H,9,23H2,(H,24,25,26)/t13-,15+,19+/m0/s1. The van der Waals surface area contributed by atoms with Gasteiger partial charge in [-0.2, -0.15) is 0 Å². The van der Waals surface area contributed by atoms with Gasteiger partial charge in [0.05, 0.1) is 0 Å². The molecule has 1 saturated carbocycles. The van der Waals surface area contributed by atoms with E-state index in [4.69, 9.17) is 10.5 Å². The molecule has 1 heterocycles. The Morgan fingerprint density at radius 1 is 1.26 bits per heavy atom. The number of nitrogens with two attached hydrogens (primary N) is 1. The summed E-state index contributed by atoms with van der Waals surface area (Å²) in [6.45, 7) is 0. The van der Waals surface area contributed by atoms with Crippen molar-refractivity contribution in [3.05, 3.63) is 65.5 Å². The van der Waals surface area contributed by atoms with E-state index in [9.17, 15) is 18.0 Å². The van der Waals surface area contributed by atoms with Gasteiger partial charge in [-0.25, -0.2) is 18.2 Å². The van der Waals surface area contributed by atoms with Crippen molar-refractivity contribution >= 4 is 17.6 Å². The number of fused-ring (bicyclic) bond motifs is 1. The first kappa shape index (κ1) is 17.4. The largest absolute Gasteiger partial charge is 0.461 e. The summed E-state index contributed by atoms with van der Waals surface area (Å²) < 4.78 is 48.3. The molecule has 2 aromatic rings.